The van der Waals surface area contributed by atoms with Crippen molar-refractivity contribution < 1.29 is 18.8 Å². The van der Waals surface area contributed by atoms with Gasteiger partial charge < -0.3 is 18.8 Å². The van der Waals surface area contributed by atoms with E-state index in [1.807, 2.05) is 29.5 Å². The van der Waals surface area contributed by atoms with E-state index < -0.39 is 0 Å². The Balaban J connectivity index is 1.60. The van der Waals surface area contributed by atoms with Gasteiger partial charge in [-0.25, -0.2) is 0 Å². The third-order valence-electron chi connectivity index (χ3n) is 4.93. The highest BCUT2D eigenvalue weighted by Crippen LogP contribution is 2.29. The molecule has 1 N–H and O–H groups in total. The highest BCUT2D eigenvalue weighted by molar-refractivity contribution is 7.71. The molecule has 0 saturated carbocycles. The van der Waals surface area contributed by atoms with Crippen LogP contribution in [-0.4, -0.2) is 30.5 Å². The monoisotopic (exact) mass is 404 g/mol. The highest BCUT2D eigenvalue weighted by Gasteiger charge is 2.31. The van der Waals surface area contributed by atoms with Gasteiger partial charge in [-0.15, -0.1) is 16.4 Å². The van der Waals surface area contributed by atoms with Gasteiger partial charge in [0.05, 0.1) is 25.6 Å². The standard InChI is InChI=1S/C19H21N3O3S2/c1-23-14-9-13(10-15(11-14)24-2)18-20-22(19(26)25-18)12-21-7-3-5-16(21)17-6-4-8-27-17/h4,6,8-11,16H,3,5,7,12H2,1-2H3/p+1/t16-/m1/s1. The predicted octanol–water partition coefficient (Wildman–Crippen LogP) is 3.33. The number of hydrogen-bond donors (Lipinski definition) is 1. The molecule has 0 spiro atoms. The molecule has 6 nitrogen and oxygen atoms in total. The molecular weight excluding hydrogens is 382 g/mol. The molecule has 1 unspecified atom stereocenters. The summed E-state index contributed by atoms with van der Waals surface area (Å²) in [6, 6.07) is 10.4. The van der Waals surface area contributed by atoms with E-state index in [1.165, 1.54) is 22.6 Å². The molecule has 1 saturated heterocycles. The number of ether oxygens (including phenoxy) is 2. The van der Waals surface area contributed by atoms with E-state index in [4.69, 9.17) is 26.1 Å². The van der Waals surface area contributed by atoms with Gasteiger partial charge in [0.2, 0.25) is 5.89 Å². The van der Waals surface area contributed by atoms with E-state index in [0.29, 0.717) is 34.9 Å². The minimum Gasteiger partial charge on any atom is -0.497 e. The summed E-state index contributed by atoms with van der Waals surface area (Å²) >= 11 is 7.25. The lowest BCUT2D eigenvalue weighted by atomic mass is 10.2. The zero-order valence-electron chi connectivity index (χ0n) is 15.3. The molecule has 0 radical (unpaired) electrons. The fraction of sp³-hybridized carbons (Fsp3) is 0.368. The molecule has 2 atom stereocenters. The predicted molar refractivity (Wildman–Crippen MR) is 106 cm³/mol. The minimum absolute atomic E-state index is 0.385. The molecular formula is C19H22N3O3S2+. The molecule has 1 aliphatic rings. The Morgan fingerprint density at radius 3 is 2.74 bits per heavy atom. The lowest BCUT2D eigenvalue weighted by Crippen LogP contribution is -3.09. The van der Waals surface area contributed by atoms with E-state index in [-0.39, 0.29) is 0 Å². The van der Waals surface area contributed by atoms with Crippen LogP contribution in [-0.2, 0) is 6.67 Å². The number of rotatable bonds is 6. The number of likely N-dealkylation sites (tertiary alicyclic amines) is 1. The van der Waals surface area contributed by atoms with Gasteiger partial charge in [-0.3, -0.25) is 0 Å². The SMILES string of the molecule is COc1cc(OC)cc(-c2nn(C[NH+]3CCC[C@@H]3c3cccs3)c(=S)o2)c1. The summed E-state index contributed by atoms with van der Waals surface area (Å²) in [6.07, 6.45) is 2.41. The Morgan fingerprint density at radius 2 is 2.07 bits per heavy atom. The van der Waals surface area contributed by atoms with Crippen LogP contribution >= 0.6 is 23.6 Å². The fourth-order valence-electron chi connectivity index (χ4n) is 3.58. The Kier molecular flexibility index (Phi) is 5.29. The second-order valence-electron chi connectivity index (χ2n) is 6.55. The number of quaternary nitrogens is 1. The molecule has 3 heterocycles. The van der Waals surface area contributed by atoms with Crippen molar-refractivity contribution in [2.75, 3.05) is 20.8 Å². The smallest absolute Gasteiger partial charge is 0.292 e. The molecule has 8 heteroatoms. The van der Waals surface area contributed by atoms with Crippen molar-refractivity contribution in [3.05, 3.63) is 45.4 Å². The largest absolute Gasteiger partial charge is 0.497 e. The number of benzene rings is 1. The summed E-state index contributed by atoms with van der Waals surface area (Å²) < 4.78 is 18.2. The highest BCUT2D eigenvalue weighted by atomic mass is 32.1. The van der Waals surface area contributed by atoms with Crippen molar-refractivity contribution in [1.82, 2.24) is 9.78 Å². The van der Waals surface area contributed by atoms with Crippen LogP contribution in [0.5, 0.6) is 11.5 Å². The van der Waals surface area contributed by atoms with Gasteiger partial charge in [0.25, 0.3) is 4.84 Å². The Hall–Kier alpha value is -2.16. The first kappa shape index (κ1) is 18.2. The Morgan fingerprint density at radius 1 is 1.30 bits per heavy atom. The summed E-state index contributed by atoms with van der Waals surface area (Å²) in [5.41, 5.74) is 0.780. The molecule has 27 heavy (non-hydrogen) atoms. The molecule has 0 aliphatic carbocycles. The average Bonchev–Trinajstić information content (AvgIpc) is 3.43. The topological polar surface area (TPSA) is 53.9 Å². The zero-order valence-corrected chi connectivity index (χ0v) is 16.9. The van der Waals surface area contributed by atoms with Gasteiger partial charge in [-0.05, 0) is 35.8 Å². The summed E-state index contributed by atoms with van der Waals surface area (Å²) in [6.45, 7) is 1.81. The van der Waals surface area contributed by atoms with Gasteiger partial charge in [-0.2, -0.15) is 4.68 Å². The maximum atomic E-state index is 5.78. The maximum absolute atomic E-state index is 5.78. The zero-order chi connectivity index (χ0) is 18.8. The Bertz CT molecular complexity index is 943. The van der Waals surface area contributed by atoms with E-state index in [0.717, 1.165) is 12.1 Å². The molecule has 4 rings (SSSR count). The van der Waals surface area contributed by atoms with E-state index in [9.17, 15) is 0 Å². The molecule has 142 valence electrons. The van der Waals surface area contributed by atoms with E-state index in [2.05, 4.69) is 22.6 Å². The summed E-state index contributed by atoms with van der Waals surface area (Å²) in [4.78, 5) is 3.28. The molecule has 1 fully saturated rings. The van der Waals surface area contributed by atoms with Crippen molar-refractivity contribution in [2.24, 2.45) is 0 Å². The van der Waals surface area contributed by atoms with E-state index in [1.54, 1.807) is 18.9 Å². The van der Waals surface area contributed by atoms with Gasteiger partial charge >= 0.3 is 0 Å². The van der Waals surface area contributed by atoms with Gasteiger partial charge in [-0.1, -0.05) is 6.07 Å². The van der Waals surface area contributed by atoms with Crippen molar-refractivity contribution in [2.45, 2.75) is 25.6 Å². The third kappa shape index (κ3) is 3.78. The van der Waals surface area contributed by atoms with Gasteiger partial charge in [0.1, 0.15) is 17.5 Å². The second kappa shape index (κ2) is 7.84. The third-order valence-corrected chi connectivity index (χ3v) is 6.21. The Labute approximate surface area is 166 Å². The van der Waals surface area contributed by atoms with Crippen LogP contribution in [0.25, 0.3) is 11.5 Å². The average molecular weight is 405 g/mol. The minimum atomic E-state index is 0.385. The quantitative estimate of drug-likeness (QED) is 0.639. The summed E-state index contributed by atoms with van der Waals surface area (Å²) in [5, 5.41) is 6.77. The van der Waals surface area contributed by atoms with Crippen molar-refractivity contribution in [3.8, 4) is 23.0 Å². The lowest BCUT2D eigenvalue weighted by Gasteiger charge is -2.19. The molecule has 0 amide bonds. The first-order valence-corrected chi connectivity index (χ1v) is 10.2. The van der Waals surface area contributed by atoms with Gasteiger partial charge in [0, 0.05) is 24.5 Å². The number of methoxy groups -OCH3 is 2. The first-order chi connectivity index (χ1) is 13.2. The van der Waals surface area contributed by atoms with Gasteiger partial charge in [0.15, 0.2) is 6.67 Å². The number of thiophene rings is 1. The van der Waals surface area contributed by atoms with Crippen LogP contribution in [0.2, 0.25) is 0 Å². The van der Waals surface area contributed by atoms with Crippen molar-refractivity contribution in [1.29, 1.82) is 0 Å². The summed E-state index contributed by atoms with van der Waals surface area (Å²) in [7, 11) is 3.24. The fourth-order valence-corrected chi connectivity index (χ4v) is 4.68. The lowest BCUT2D eigenvalue weighted by molar-refractivity contribution is -0.941. The maximum Gasteiger partial charge on any atom is 0.292 e. The van der Waals surface area contributed by atoms with Crippen molar-refractivity contribution in [3.63, 3.8) is 0 Å². The second-order valence-corrected chi connectivity index (χ2v) is 7.88. The van der Waals surface area contributed by atoms with Crippen LogP contribution in [0.3, 0.4) is 0 Å². The number of nitrogens with zero attached hydrogens (tertiary/aromatic N) is 2. The molecule has 2 aromatic heterocycles. The summed E-state index contributed by atoms with van der Waals surface area (Å²) in [5.74, 6) is 1.84. The number of hydrogen-bond acceptors (Lipinski definition) is 6. The van der Waals surface area contributed by atoms with Crippen LogP contribution in [0.15, 0.2) is 40.1 Å². The van der Waals surface area contributed by atoms with Crippen LogP contribution in [0, 0.1) is 4.84 Å². The molecule has 1 aromatic carbocycles. The van der Waals surface area contributed by atoms with E-state index >= 15 is 0 Å². The normalized spacial score (nSPS) is 19.3. The van der Waals surface area contributed by atoms with Crippen LogP contribution in [0.4, 0.5) is 0 Å². The molecule has 3 aromatic rings. The van der Waals surface area contributed by atoms with Crippen LogP contribution in [0.1, 0.15) is 23.8 Å². The van der Waals surface area contributed by atoms with Crippen molar-refractivity contribution >= 4 is 23.6 Å². The number of nitrogens with one attached hydrogen (secondary N) is 1. The first-order valence-electron chi connectivity index (χ1n) is 8.87. The van der Waals surface area contributed by atoms with Crippen LogP contribution < -0.4 is 14.4 Å². The number of aromatic nitrogens is 2. The molecule has 1 aliphatic heterocycles. The molecule has 0 bridgehead atoms.